The van der Waals surface area contributed by atoms with Crippen LogP contribution in [0.4, 0.5) is 0 Å². The summed E-state index contributed by atoms with van der Waals surface area (Å²) in [6.07, 6.45) is 10.8. The normalized spacial score (nSPS) is 22.3. The molecule has 2 rings (SSSR count). The van der Waals surface area contributed by atoms with Gasteiger partial charge in [-0.2, -0.15) is 0 Å². The molecule has 32 heavy (non-hydrogen) atoms. The summed E-state index contributed by atoms with van der Waals surface area (Å²) in [4.78, 5) is 24.7. The molecule has 0 aromatic rings. The SMILES string of the molecule is CCCCC(NC(C)=O)C(NC=O)(C1=C(CC)C=CC1)C(CC)C1=C(C)C(C)=C(C)C1C. The lowest BCUT2D eigenvalue weighted by Crippen LogP contribution is -2.66. The number of unbranched alkanes of at least 4 members (excludes halogenated alkanes) is 1. The number of allylic oxidation sites excluding steroid dienone is 6. The maximum Gasteiger partial charge on any atom is 0.217 e. The van der Waals surface area contributed by atoms with E-state index in [2.05, 4.69) is 71.3 Å². The fourth-order valence-electron chi connectivity index (χ4n) is 6.18. The monoisotopic (exact) mass is 440 g/mol. The van der Waals surface area contributed by atoms with Crippen molar-refractivity contribution >= 4 is 12.3 Å². The lowest BCUT2D eigenvalue weighted by atomic mass is 9.63. The fraction of sp³-hybridized carbons (Fsp3) is 0.643. The van der Waals surface area contributed by atoms with E-state index >= 15 is 0 Å². The number of carbonyl (C=O) groups excluding carboxylic acids is 2. The van der Waals surface area contributed by atoms with Crippen molar-refractivity contribution in [2.24, 2.45) is 11.8 Å². The molecule has 0 bridgehead atoms. The van der Waals surface area contributed by atoms with Crippen LogP contribution in [-0.4, -0.2) is 23.9 Å². The average Bonchev–Trinajstić information content (AvgIpc) is 3.32. The van der Waals surface area contributed by atoms with Crippen LogP contribution in [0.5, 0.6) is 0 Å². The minimum Gasteiger partial charge on any atom is -0.351 e. The molecule has 2 N–H and O–H groups in total. The third kappa shape index (κ3) is 4.65. The zero-order chi connectivity index (χ0) is 24.1. The first-order chi connectivity index (χ1) is 15.2. The molecule has 0 saturated heterocycles. The predicted octanol–water partition coefficient (Wildman–Crippen LogP) is 6.16. The molecule has 0 aromatic heterocycles. The Bertz CT molecular complexity index is 845. The molecular weight excluding hydrogens is 396 g/mol. The number of hydrogen-bond acceptors (Lipinski definition) is 2. The number of rotatable bonds is 12. The molecule has 178 valence electrons. The van der Waals surface area contributed by atoms with Crippen molar-refractivity contribution in [3.8, 4) is 0 Å². The quantitative estimate of drug-likeness (QED) is 0.357. The van der Waals surface area contributed by atoms with Crippen LogP contribution in [0.3, 0.4) is 0 Å². The molecule has 4 heteroatoms. The minimum atomic E-state index is -0.651. The second-order valence-electron chi connectivity index (χ2n) is 9.56. The standard InChI is InChI=1S/C28H44N2O2/c1-9-12-16-26(30-22(8)32)28(29-17-31,25-15-13-14-23(25)10-2)24(11-3)27-20(6)18(4)19(5)21(27)7/h13-14,17,20,24,26H,9-12,15-16H2,1-8H3,(H,29,31)(H,30,32). The van der Waals surface area contributed by atoms with Crippen LogP contribution >= 0.6 is 0 Å². The van der Waals surface area contributed by atoms with Crippen molar-refractivity contribution < 1.29 is 9.59 Å². The summed E-state index contributed by atoms with van der Waals surface area (Å²) in [6, 6.07) is -0.166. The van der Waals surface area contributed by atoms with E-state index in [-0.39, 0.29) is 17.9 Å². The van der Waals surface area contributed by atoms with E-state index in [4.69, 9.17) is 0 Å². The van der Waals surface area contributed by atoms with Gasteiger partial charge in [0.1, 0.15) is 0 Å². The zero-order valence-corrected chi connectivity index (χ0v) is 21.5. The van der Waals surface area contributed by atoms with Gasteiger partial charge in [-0.05, 0) is 74.7 Å². The topological polar surface area (TPSA) is 58.2 Å². The highest BCUT2D eigenvalue weighted by molar-refractivity contribution is 5.74. The highest BCUT2D eigenvalue weighted by atomic mass is 16.1. The Labute approximate surface area is 195 Å². The van der Waals surface area contributed by atoms with Crippen LogP contribution < -0.4 is 10.6 Å². The van der Waals surface area contributed by atoms with Crippen molar-refractivity contribution in [2.75, 3.05) is 0 Å². The summed E-state index contributed by atoms with van der Waals surface area (Å²) < 4.78 is 0. The van der Waals surface area contributed by atoms with Crippen LogP contribution in [0.2, 0.25) is 0 Å². The van der Waals surface area contributed by atoms with Gasteiger partial charge >= 0.3 is 0 Å². The van der Waals surface area contributed by atoms with Crippen molar-refractivity contribution in [1.82, 2.24) is 10.6 Å². The average molecular weight is 441 g/mol. The highest BCUT2D eigenvalue weighted by Gasteiger charge is 2.51. The molecule has 2 amide bonds. The van der Waals surface area contributed by atoms with Gasteiger partial charge in [-0.15, -0.1) is 0 Å². The van der Waals surface area contributed by atoms with Gasteiger partial charge < -0.3 is 10.6 Å². The smallest absolute Gasteiger partial charge is 0.217 e. The first kappa shape index (κ1) is 26.2. The van der Waals surface area contributed by atoms with Crippen molar-refractivity contribution in [3.05, 3.63) is 45.6 Å². The fourth-order valence-corrected chi connectivity index (χ4v) is 6.18. The van der Waals surface area contributed by atoms with Gasteiger partial charge in [0, 0.05) is 12.8 Å². The molecular formula is C28H44N2O2. The molecule has 0 heterocycles. The van der Waals surface area contributed by atoms with E-state index in [9.17, 15) is 9.59 Å². The molecule has 0 fully saturated rings. The Hall–Kier alpha value is -2.10. The number of nitrogens with one attached hydrogen (secondary N) is 2. The maximum absolute atomic E-state index is 12.4. The molecule has 4 atom stereocenters. The first-order valence-electron chi connectivity index (χ1n) is 12.5. The Morgan fingerprint density at radius 3 is 2.38 bits per heavy atom. The van der Waals surface area contributed by atoms with Crippen LogP contribution in [0.15, 0.2) is 45.6 Å². The minimum absolute atomic E-state index is 0.0432. The Morgan fingerprint density at radius 2 is 1.91 bits per heavy atom. The Morgan fingerprint density at radius 1 is 1.22 bits per heavy atom. The van der Waals surface area contributed by atoms with Gasteiger partial charge in [-0.25, -0.2) is 0 Å². The lowest BCUT2D eigenvalue weighted by molar-refractivity contribution is -0.121. The number of amides is 2. The zero-order valence-electron chi connectivity index (χ0n) is 21.5. The van der Waals surface area contributed by atoms with E-state index in [0.717, 1.165) is 44.9 Å². The summed E-state index contributed by atoms with van der Waals surface area (Å²) in [6.45, 7) is 17.1. The maximum atomic E-state index is 12.4. The molecule has 2 aliphatic carbocycles. The van der Waals surface area contributed by atoms with Gasteiger partial charge in [-0.3, -0.25) is 9.59 Å². The van der Waals surface area contributed by atoms with Crippen molar-refractivity contribution in [1.29, 1.82) is 0 Å². The molecule has 4 unspecified atom stereocenters. The third-order valence-electron chi connectivity index (χ3n) is 8.02. The summed E-state index contributed by atoms with van der Waals surface area (Å²) in [5.41, 5.74) is 7.44. The molecule has 0 aromatic carbocycles. The summed E-state index contributed by atoms with van der Waals surface area (Å²) >= 11 is 0. The van der Waals surface area contributed by atoms with E-state index in [1.54, 1.807) is 6.92 Å². The van der Waals surface area contributed by atoms with E-state index in [1.807, 2.05) is 0 Å². The van der Waals surface area contributed by atoms with Gasteiger partial charge in [0.15, 0.2) is 0 Å². The van der Waals surface area contributed by atoms with Crippen LogP contribution in [-0.2, 0) is 9.59 Å². The summed E-state index contributed by atoms with van der Waals surface area (Å²) in [7, 11) is 0. The van der Waals surface area contributed by atoms with Crippen LogP contribution in [0.25, 0.3) is 0 Å². The van der Waals surface area contributed by atoms with Gasteiger partial charge in [0.25, 0.3) is 0 Å². The molecule has 0 radical (unpaired) electrons. The van der Waals surface area contributed by atoms with Crippen LogP contribution in [0.1, 0.15) is 93.9 Å². The molecule has 0 spiro atoms. The van der Waals surface area contributed by atoms with E-state index in [0.29, 0.717) is 5.92 Å². The Balaban J connectivity index is 2.84. The number of hydrogen-bond donors (Lipinski definition) is 2. The summed E-state index contributed by atoms with van der Waals surface area (Å²) in [5.74, 6) is 0.385. The van der Waals surface area contributed by atoms with Gasteiger partial charge in [0.05, 0.1) is 11.6 Å². The van der Waals surface area contributed by atoms with Gasteiger partial charge in [0.2, 0.25) is 12.3 Å². The largest absolute Gasteiger partial charge is 0.351 e. The Kier molecular flexibility index (Phi) is 9.12. The third-order valence-corrected chi connectivity index (χ3v) is 8.02. The second-order valence-corrected chi connectivity index (χ2v) is 9.56. The first-order valence-corrected chi connectivity index (χ1v) is 12.5. The lowest BCUT2D eigenvalue weighted by Gasteiger charge is -2.49. The van der Waals surface area contributed by atoms with E-state index < -0.39 is 5.54 Å². The molecule has 4 nitrogen and oxygen atoms in total. The molecule has 0 saturated carbocycles. The van der Waals surface area contributed by atoms with Crippen molar-refractivity contribution in [3.63, 3.8) is 0 Å². The van der Waals surface area contributed by atoms with Crippen molar-refractivity contribution in [2.45, 2.75) is 105 Å². The molecule has 2 aliphatic rings. The van der Waals surface area contributed by atoms with E-state index in [1.165, 1.54) is 33.4 Å². The summed E-state index contributed by atoms with van der Waals surface area (Å²) in [5, 5.41) is 6.66. The van der Waals surface area contributed by atoms with Gasteiger partial charge in [-0.1, -0.05) is 63.8 Å². The van der Waals surface area contributed by atoms with Crippen LogP contribution in [0, 0.1) is 11.8 Å². The highest BCUT2D eigenvalue weighted by Crippen LogP contribution is 2.50. The predicted molar refractivity (Wildman–Crippen MR) is 134 cm³/mol. The molecule has 0 aliphatic heterocycles. The number of carbonyl (C=O) groups is 2. The second kappa shape index (κ2) is 11.2.